The molecule has 144 valence electrons. The Morgan fingerprint density at radius 1 is 1.07 bits per heavy atom. The molecule has 0 bridgehead atoms. The Kier molecular flexibility index (Phi) is 6.16. The first-order chi connectivity index (χ1) is 12.9. The van der Waals surface area contributed by atoms with Gasteiger partial charge in [0.2, 0.25) is 0 Å². The first-order valence-corrected chi connectivity index (χ1v) is 9.64. The summed E-state index contributed by atoms with van der Waals surface area (Å²) in [7, 11) is 3.94. The van der Waals surface area contributed by atoms with Crippen molar-refractivity contribution < 1.29 is 4.79 Å². The lowest BCUT2D eigenvalue weighted by Gasteiger charge is -2.30. The smallest absolute Gasteiger partial charge is 0.251 e. The van der Waals surface area contributed by atoms with Crippen molar-refractivity contribution in [2.75, 3.05) is 24.3 Å². The molecule has 6 nitrogen and oxygen atoms in total. The highest BCUT2D eigenvalue weighted by Gasteiger charge is 2.23. The zero-order valence-corrected chi connectivity index (χ0v) is 16.8. The van der Waals surface area contributed by atoms with Crippen LogP contribution >= 0.6 is 11.6 Å². The number of anilines is 2. The van der Waals surface area contributed by atoms with Crippen LogP contribution in [-0.4, -0.2) is 42.1 Å². The molecule has 27 heavy (non-hydrogen) atoms. The molecule has 3 rings (SSSR count). The van der Waals surface area contributed by atoms with Crippen molar-refractivity contribution >= 4 is 29.1 Å². The second-order valence-electron chi connectivity index (χ2n) is 7.23. The summed E-state index contributed by atoms with van der Waals surface area (Å²) in [6, 6.07) is 9.52. The van der Waals surface area contributed by atoms with Gasteiger partial charge in [0.1, 0.15) is 17.5 Å². The topological polar surface area (TPSA) is 70.2 Å². The molecule has 2 aromatic rings. The third-order valence-electron chi connectivity index (χ3n) is 4.80. The van der Waals surface area contributed by atoms with E-state index in [9.17, 15) is 4.79 Å². The average molecular weight is 388 g/mol. The number of halogens is 1. The maximum absolute atomic E-state index is 12.3. The molecule has 2 N–H and O–H groups in total. The monoisotopic (exact) mass is 387 g/mol. The van der Waals surface area contributed by atoms with Crippen molar-refractivity contribution in [3.63, 3.8) is 0 Å². The van der Waals surface area contributed by atoms with Gasteiger partial charge in [-0.2, -0.15) is 0 Å². The number of carbonyl (C=O) groups is 1. The van der Waals surface area contributed by atoms with Gasteiger partial charge in [0.25, 0.3) is 5.91 Å². The van der Waals surface area contributed by atoms with E-state index in [1.807, 2.05) is 32.0 Å². The van der Waals surface area contributed by atoms with Gasteiger partial charge in [0.05, 0.1) is 0 Å². The lowest BCUT2D eigenvalue weighted by Crippen LogP contribution is -2.40. The van der Waals surface area contributed by atoms with Crippen molar-refractivity contribution in [3.05, 3.63) is 46.7 Å². The molecule has 1 aliphatic carbocycles. The summed E-state index contributed by atoms with van der Waals surface area (Å²) in [5.41, 5.74) is 0.646. The Labute approximate surface area is 165 Å². The number of nitrogens with one attached hydrogen (secondary N) is 2. The van der Waals surface area contributed by atoms with Crippen LogP contribution in [-0.2, 0) is 0 Å². The van der Waals surface area contributed by atoms with Crippen molar-refractivity contribution in [3.8, 4) is 0 Å². The lowest BCUT2D eigenvalue weighted by molar-refractivity contribution is 0.0926. The Morgan fingerprint density at radius 2 is 1.70 bits per heavy atom. The Morgan fingerprint density at radius 3 is 2.33 bits per heavy atom. The first-order valence-electron chi connectivity index (χ1n) is 9.26. The van der Waals surface area contributed by atoms with E-state index in [1.165, 1.54) is 0 Å². The molecule has 0 unspecified atom stereocenters. The highest BCUT2D eigenvalue weighted by atomic mass is 35.5. The van der Waals surface area contributed by atoms with Crippen LogP contribution < -0.4 is 15.5 Å². The molecule has 1 saturated carbocycles. The SMILES string of the molecule is Cc1nc(NC2CCC(NC(=O)c3ccc(Cl)cc3)CC2)cc(N(C)C)n1. The third kappa shape index (κ3) is 5.32. The summed E-state index contributed by atoms with van der Waals surface area (Å²) in [5.74, 6) is 2.48. The maximum atomic E-state index is 12.3. The van der Waals surface area contributed by atoms with E-state index >= 15 is 0 Å². The third-order valence-corrected chi connectivity index (χ3v) is 5.06. The van der Waals surface area contributed by atoms with E-state index in [1.54, 1.807) is 24.3 Å². The van der Waals surface area contributed by atoms with Gasteiger partial charge in [-0.3, -0.25) is 4.79 Å². The number of aryl methyl sites for hydroxylation is 1. The van der Waals surface area contributed by atoms with Crippen molar-refractivity contribution in [2.45, 2.75) is 44.7 Å². The molecule has 1 amide bonds. The van der Waals surface area contributed by atoms with E-state index in [0.29, 0.717) is 16.6 Å². The van der Waals surface area contributed by atoms with Crippen LogP contribution in [0.3, 0.4) is 0 Å². The lowest BCUT2D eigenvalue weighted by atomic mass is 9.91. The van der Waals surface area contributed by atoms with Gasteiger partial charge >= 0.3 is 0 Å². The zero-order chi connectivity index (χ0) is 19.4. The van der Waals surface area contributed by atoms with Crippen LogP contribution in [0.4, 0.5) is 11.6 Å². The molecule has 0 radical (unpaired) electrons. The summed E-state index contributed by atoms with van der Waals surface area (Å²) in [6.45, 7) is 1.90. The Bertz CT molecular complexity index is 785. The summed E-state index contributed by atoms with van der Waals surface area (Å²) >= 11 is 5.88. The fourth-order valence-electron chi connectivity index (χ4n) is 3.32. The fraction of sp³-hybridized carbons (Fsp3) is 0.450. The van der Waals surface area contributed by atoms with E-state index < -0.39 is 0 Å². The standard InChI is InChI=1S/C20H26ClN5O/c1-13-22-18(12-19(23-13)26(2)3)24-16-8-10-17(11-9-16)25-20(27)14-4-6-15(21)7-5-14/h4-7,12,16-17H,8-11H2,1-3H3,(H,25,27)(H,22,23,24). The van der Waals surface area contributed by atoms with Crippen molar-refractivity contribution in [2.24, 2.45) is 0 Å². The van der Waals surface area contributed by atoms with Crippen LogP contribution in [0, 0.1) is 6.92 Å². The van der Waals surface area contributed by atoms with Crippen LogP contribution in [0.1, 0.15) is 41.9 Å². The molecule has 0 saturated heterocycles. The summed E-state index contributed by atoms with van der Waals surface area (Å²) in [4.78, 5) is 23.2. The molecular formula is C20H26ClN5O. The molecule has 1 heterocycles. The second kappa shape index (κ2) is 8.57. The van der Waals surface area contributed by atoms with Gasteiger partial charge < -0.3 is 15.5 Å². The number of carbonyl (C=O) groups excluding carboxylic acids is 1. The molecule has 1 fully saturated rings. The first kappa shape index (κ1) is 19.4. The number of amides is 1. The Hall–Kier alpha value is -2.34. The number of nitrogens with zero attached hydrogens (tertiary/aromatic N) is 3. The second-order valence-corrected chi connectivity index (χ2v) is 7.66. The molecule has 0 aliphatic heterocycles. The van der Waals surface area contributed by atoms with Gasteiger partial charge in [-0.25, -0.2) is 9.97 Å². The van der Waals surface area contributed by atoms with Crippen molar-refractivity contribution in [1.82, 2.24) is 15.3 Å². The van der Waals surface area contributed by atoms with Crippen LogP contribution in [0.5, 0.6) is 0 Å². The quantitative estimate of drug-likeness (QED) is 0.819. The van der Waals surface area contributed by atoms with Gasteiger partial charge in [0, 0.05) is 42.8 Å². The van der Waals surface area contributed by atoms with E-state index in [0.717, 1.165) is 43.1 Å². The zero-order valence-electron chi connectivity index (χ0n) is 16.0. The molecular weight excluding hydrogens is 362 g/mol. The fourth-order valence-corrected chi connectivity index (χ4v) is 3.44. The van der Waals surface area contributed by atoms with E-state index in [4.69, 9.17) is 11.6 Å². The number of aromatic nitrogens is 2. The number of rotatable bonds is 5. The highest BCUT2D eigenvalue weighted by molar-refractivity contribution is 6.30. The van der Waals surface area contributed by atoms with E-state index in [-0.39, 0.29) is 11.9 Å². The van der Waals surface area contributed by atoms with E-state index in [2.05, 4.69) is 20.6 Å². The Balaban J connectivity index is 1.52. The molecule has 0 spiro atoms. The van der Waals surface area contributed by atoms with Gasteiger partial charge in [-0.05, 0) is 56.9 Å². The molecule has 0 atom stereocenters. The number of hydrogen-bond acceptors (Lipinski definition) is 5. The van der Waals surface area contributed by atoms with Gasteiger partial charge in [0.15, 0.2) is 0 Å². The molecule has 1 aliphatic rings. The van der Waals surface area contributed by atoms with Crippen LogP contribution in [0.25, 0.3) is 0 Å². The maximum Gasteiger partial charge on any atom is 0.251 e. The summed E-state index contributed by atoms with van der Waals surface area (Å²) in [5, 5.41) is 7.29. The normalized spacial score (nSPS) is 19.4. The minimum atomic E-state index is -0.0369. The molecule has 1 aromatic carbocycles. The predicted octanol–water partition coefficient (Wildman–Crippen LogP) is 3.66. The van der Waals surface area contributed by atoms with Crippen molar-refractivity contribution in [1.29, 1.82) is 0 Å². The molecule has 7 heteroatoms. The highest BCUT2D eigenvalue weighted by Crippen LogP contribution is 2.23. The molecule has 1 aromatic heterocycles. The predicted molar refractivity (Wildman–Crippen MR) is 110 cm³/mol. The van der Waals surface area contributed by atoms with Crippen LogP contribution in [0.2, 0.25) is 5.02 Å². The minimum absolute atomic E-state index is 0.0369. The number of benzene rings is 1. The van der Waals surface area contributed by atoms with Gasteiger partial charge in [-0.15, -0.1) is 0 Å². The largest absolute Gasteiger partial charge is 0.367 e. The minimum Gasteiger partial charge on any atom is -0.367 e. The summed E-state index contributed by atoms with van der Waals surface area (Å²) in [6.07, 6.45) is 3.88. The number of hydrogen-bond donors (Lipinski definition) is 2. The average Bonchev–Trinajstić information content (AvgIpc) is 2.63. The van der Waals surface area contributed by atoms with Crippen LogP contribution in [0.15, 0.2) is 30.3 Å². The summed E-state index contributed by atoms with van der Waals surface area (Å²) < 4.78 is 0. The van der Waals surface area contributed by atoms with Gasteiger partial charge in [-0.1, -0.05) is 11.6 Å².